The Morgan fingerprint density at radius 3 is 2.38 bits per heavy atom. The van der Waals surface area contributed by atoms with Crippen molar-refractivity contribution in [1.82, 2.24) is 19.9 Å². The van der Waals surface area contributed by atoms with Crippen LogP contribution in [0.3, 0.4) is 0 Å². The summed E-state index contributed by atoms with van der Waals surface area (Å²) in [6.45, 7) is 13.7. The fourth-order valence-electron chi connectivity index (χ4n) is 7.22. The van der Waals surface area contributed by atoms with E-state index < -0.39 is 0 Å². The molecule has 2 aromatic heterocycles. The summed E-state index contributed by atoms with van der Waals surface area (Å²) in [7, 11) is 2.20. The summed E-state index contributed by atoms with van der Waals surface area (Å²) in [5.41, 5.74) is 4.38. The van der Waals surface area contributed by atoms with Crippen LogP contribution in [0.25, 0.3) is 11.3 Å². The summed E-state index contributed by atoms with van der Waals surface area (Å²) < 4.78 is 20.9. The minimum Gasteiger partial charge on any atom is -0.378 e. The fraction of sp³-hybridized carbons (Fsp3) is 0.500. The Morgan fingerprint density at radius 2 is 1.69 bits per heavy atom. The van der Waals surface area contributed by atoms with Gasteiger partial charge in [-0.1, -0.05) is 13.8 Å². The van der Waals surface area contributed by atoms with Gasteiger partial charge in [0.15, 0.2) is 0 Å². The van der Waals surface area contributed by atoms with E-state index in [-0.39, 0.29) is 16.6 Å². The largest absolute Gasteiger partial charge is 0.378 e. The van der Waals surface area contributed by atoms with Crippen LogP contribution >= 0.6 is 0 Å². The van der Waals surface area contributed by atoms with Crippen molar-refractivity contribution < 1.29 is 9.13 Å². The van der Waals surface area contributed by atoms with Gasteiger partial charge in [0, 0.05) is 62.9 Å². The maximum atomic E-state index is 15.5. The lowest BCUT2D eigenvalue weighted by molar-refractivity contribution is 0.00514. The highest BCUT2D eigenvalue weighted by Gasteiger charge is 2.47. The number of hydrogen-bond donors (Lipinski definition) is 1. The van der Waals surface area contributed by atoms with Crippen LogP contribution in [-0.2, 0) is 4.74 Å². The van der Waals surface area contributed by atoms with Crippen molar-refractivity contribution in [3.8, 4) is 11.3 Å². The van der Waals surface area contributed by atoms with Gasteiger partial charge in [-0.2, -0.15) is 0 Å². The van der Waals surface area contributed by atoms with Crippen LogP contribution in [0, 0.1) is 23.6 Å². The lowest BCUT2D eigenvalue weighted by atomic mass is 9.65. The number of morpholine rings is 1. The Balaban J connectivity index is 1.18. The molecule has 3 aliphatic rings. The molecule has 5 heterocycles. The Bertz CT molecular complexity index is 1340. The summed E-state index contributed by atoms with van der Waals surface area (Å²) in [4.78, 5) is 20.7. The van der Waals surface area contributed by atoms with E-state index in [1.165, 1.54) is 6.42 Å². The fourth-order valence-corrected chi connectivity index (χ4v) is 7.22. The number of aromatic nitrogens is 3. The molecule has 2 atom stereocenters. The standard InChI is InChI=1S/C30H38FN7O/c1-21-13-22(15-33-27(21)37-9-11-39-12-10-37)25-7-8-32-28(35-25)34-23-5-6-26(24(31)14-23)38-19-29(2)16-30(3,20-38)18-36(4)17-29/h5-8,13-15H,9-12,16-20H2,1-4H3,(H,32,34,35). The molecule has 1 aromatic carbocycles. The van der Waals surface area contributed by atoms with Crippen molar-refractivity contribution in [2.45, 2.75) is 27.2 Å². The minimum atomic E-state index is -0.227. The first-order valence-electron chi connectivity index (χ1n) is 13.8. The highest BCUT2D eigenvalue weighted by Crippen LogP contribution is 2.46. The smallest absolute Gasteiger partial charge is 0.227 e. The molecule has 9 heteroatoms. The van der Waals surface area contributed by atoms with Gasteiger partial charge in [-0.15, -0.1) is 0 Å². The molecule has 2 unspecified atom stereocenters. The summed E-state index contributed by atoms with van der Waals surface area (Å²) in [5.74, 6) is 1.18. The average molecular weight is 532 g/mol. The second-order valence-electron chi connectivity index (χ2n) is 12.3. The van der Waals surface area contributed by atoms with E-state index in [2.05, 4.69) is 58.9 Å². The van der Waals surface area contributed by atoms with E-state index in [9.17, 15) is 0 Å². The van der Waals surface area contributed by atoms with E-state index in [0.29, 0.717) is 17.3 Å². The molecular weight excluding hydrogens is 493 g/mol. The number of nitrogens with zero attached hydrogens (tertiary/aromatic N) is 6. The number of piperidine rings is 2. The first-order chi connectivity index (χ1) is 18.7. The van der Waals surface area contributed by atoms with Crippen molar-refractivity contribution in [2.75, 3.05) is 74.6 Å². The third-order valence-corrected chi connectivity index (χ3v) is 8.16. The van der Waals surface area contributed by atoms with Gasteiger partial charge in [0.1, 0.15) is 11.6 Å². The van der Waals surface area contributed by atoms with Gasteiger partial charge in [-0.05, 0) is 67.1 Å². The number of pyridine rings is 1. The molecule has 0 amide bonds. The van der Waals surface area contributed by atoms with Gasteiger partial charge in [-0.25, -0.2) is 19.3 Å². The highest BCUT2D eigenvalue weighted by molar-refractivity contribution is 5.65. The minimum absolute atomic E-state index is 0.158. The number of rotatable bonds is 5. The Kier molecular flexibility index (Phi) is 6.67. The molecule has 39 heavy (non-hydrogen) atoms. The molecule has 0 saturated carbocycles. The van der Waals surface area contributed by atoms with Crippen molar-refractivity contribution in [3.63, 3.8) is 0 Å². The van der Waals surface area contributed by atoms with Gasteiger partial charge in [-0.3, -0.25) is 0 Å². The zero-order valence-electron chi connectivity index (χ0n) is 23.4. The molecule has 2 bridgehead atoms. The molecule has 0 aliphatic carbocycles. The molecule has 8 nitrogen and oxygen atoms in total. The summed E-state index contributed by atoms with van der Waals surface area (Å²) in [5, 5.41) is 3.19. The van der Waals surface area contributed by atoms with Crippen LogP contribution < -0.4 is 15.1 Å². The van der Waals surface area contributed by atoms with E-state index in [0.717, 1.165) is 75.1 Å². The molecule has 3 aliphatic heterocycles. The number of benzene rings is 1. The molecule has 0 radical (unpaired) electrons. The number of likely N-dealkylation sites (tertiary alicyclic amines) is 1. The second-order valence-corrected chi connectivity index (χ2v) is 12.3. The maximum absolute atomic E-state index is 15.5. The molecule has 3 fully saturated rings. The highest BCUT2D eigenvalue weighted by atomic mass is 19.1. The van der Waals surface area contributed by atoms with Crippen LogP contribution in [0.2, 0.25) is 0 Å². The molecule has 6 rings (SSSR count). The van der Waals surface area contributed by atoms with Crippen LogP contribution in [0.1, 0.15) is 25.8 Å². The van der Waals surface area contributed by atoms with E-state index in [1.54, 1.807) is 12.3 Å². The van der Waals surface area contributed by atoms with Gasteiger partial charge >= 0.3 is 0 Å². The number of nitrogens with one attached hydrogen (secondary N) is 1. The van der Waals surface area contributed by atoms with Gasteiger partial charge < -0.3 is 24.8 Å². The zero-order chi connectivity index (χ0) is 27.2. The quantitative estimate of drug-likeness (QED) is 0.507. The lowest BCUT2D eigenvalue weighted by Crippen LogP contribution is -2.61. The number of aryl methyl sites for hydroxylation is 1. The predicted molar refractivity (Wildman–Crippen MR) is 153 cm³/mol. The van der Waals surface area contributed by atoms with Crippen molar-refractivity contribution >= 4 is 23.1 Å². The first kappa shape index (κ1) is 26.0. The van der Waals surface area contributed by atoms with Crippen LogP contribution in [0.15, 0.2) is 42.7 Å². The van der Waals surface area contributed by atoms with Crippen LogP contribution in [-0.4, -0.2) is 79.4 Å². The Morgan fingerprint density at radius 1 is 0.949 bits per heavy atom. The number of halogens is 1. The number of hydrogen-bond acceptors (Lipinski definition) is 8. The first-order valence-corrected chi connectivity index (χ1v) is 13.8. The summed E-state index contributed by atoms with van der Waals surface area (Å²) in [6.07, 6.45) is 4.75. The third kappa shape index (κ3) is 5.43. The SMILES string of the molecule is Cc1cc(-c2ccnc(Nc3ccc(N4CC5(C)CN(C)CC(C)(C4)C5)c(F)c3)n2)cnc1N1CCOCC1. The third-order valence-electron chi connectivity index (χ3n) is 8.16. The normalized spacial score (nSPS) is 25.6. The molecule has 1 N–H and O–H groups in total. The van der Waals surface area contributed by atoms with Crippen LogP contribution in [0.5, 0.6) is 0 Å². The summed E-state index contributed by atoms with van der Waals surface area (Å²) in [6, 6.07) is 9.32. The molecular formula is C30H38FN7O. The average Bonchev–Trinajstić information content (AvgIpc) is 2.87. The monoisotopic (exact) mass is 531 g/mol. The lowest BCUT2D eigenvalue weighted by Gasteiger charge is -2.56. The molecule has 3 saturated heterocycles. The van der Waals surface area contributed by atoms with Gasteiger partial charge in [0.05, 0.1) is 24.6 Å². The van der Waals surface area contributed by atoms with Crippen molar-refractivity contribution in [2.24, 2.45) is 10.8 Å². The Labute approximate surface area is 230 Å². The van der Waals surface area contributed by atoms with Crippen LogP contribution in [0.4, 0.5) is 27.5 Å². The zero-order valence-corrected chi connectivity index (χ0v) is 23.4. The van der Waals surface area contributed by atoms with E-state index >= 15 is 4.39 Å². The summed E-state index contributed by atoms with van der Waals surface area (Å²) >= 11 is 0. The second kappa shape index (κ2) is 10.0. The number of anilines is 4. The maximum Gasteiger partial charge on any atom is 0.227 e. The number of ether oxygens (including phenoxy) is 1. The van der Waals surface area contributed by atoms with Gasteiger partial charge in [0.25, 0.3) is 0 Å². The van der Waals surface area contributed by atoms with E-state index in [4.69, 9.17) is 14.7 Å². The predicted octanol–water partition coefficient (Wildman–Crippen LogP) is 4.73. The molecule has 0 spiro atoms. The Hall–Kier alpha value is -3.30. The topological polar surface area (TPSA) is 69.7 Å². The van der Waals surface area contributed by atoms with E-state index in [1.807, 2.05) is 24.4 Å². The van der Waals surface area contributed by atoms with Crippen molar-refractivity contribution in [1.29, 1.82) is 0 Å². The number of fused-ring (bicyclic) bond motifs is 2. The van der Waals surface area contributed by atoms with Gasteiger partial charge in [0.2, 0.25) is 5.95 Å². The molecule has 206 valence electrons. The molecule has 3 aromatic rings. The van der Waals surface area contributed by atoms with Crippen molar-refractivity contribution in [3.05, 3.63) is 54.1 Å².